The summed E-state index contributed by atoms with van der Waals surface area (Å²) in [7, 11) is 1.72. The van der Waals surface area contributed by atoms with Crippen LogP contribution in [0.15, 0.2) is 36.7 Å². The van der Waals surface area contributed by atoms with Gasteiger partial charge in [-0.3, -0.25) is 9.48 Å². The number of benzene rings is 1. The van der Waals surface area contributed by atoms with Gasteiger partial charge in [0, 0.05) is 31.6 Å². The zero-order valence-corrected chi connectivity index (χ0v) is 15.1. The van der Waals surface area contributed by atoms with Gasteiger partial charge in [-0.05, 0) is 18.9 Å². The van der Waals surface area contributed by atoms with Crippen LogP contribution in [0.2, 0.25) is 5.15 Å². The minimum absolute atomic E-state index is 0.0578. The van der Waals surface area contributed by atoms with E-state index in [1.54, 1.807) is 13.2 Å². The van der Waals surface area contributed by atoms with Crippen LogP contribution in [0.5, 0.6) is 0 Å². The lowest BCUT2D eigenvalue weighted by molar-refractivity contribution is 0.0718. The average Bonchev–Trinajstić information content (AvgIpc) is 3.01. The summed E-state index contributed by atoms with van der Waals surface area (Å²) in [6, 6.07) is 8.22. The predicted molar refractivity (Wildman–Crippen MR) is 100 cm³/mol. The number of nitrogens with zero attached hydrogens (tertiary/aromatic N) is 5. The van der Waals surface area contributed by atoms with Gasteiger partial charge in [-0.25, -0.2) is 0 Å². The van der Waals surface area contributed by atoms with Crippen molar-refractivity contribution in [2.75, 3.05) is 18.4 Å². The number of aryl methyl sites for hydroxylation is 1. The molecule has 0 atom stereocenters. The minimum Gasteiger partial charge on any atom is -0.380 e. The van der Waals surface area contributed by atoms with Gasteiger partial charge in [-0.15, -0.1) is 0 Å². The van der Waals surface area contributed by atoms with Gasteiger partial charge < -0.3 is 10.2 Å². The van der Waals surface area contributed by atoms with Crippen LogP contribution in [0.25, 0.3) is 10.9 Å². The van der Waals surface area contributed by atoms with Crippen LogP contribution >= 0.6 is 11.6 Å². The molecule has 1 aliphatic heterocycles. The van der Waals surface area contributed by atoms with Crippen molar-refractivity contribution in [1.29, 1.82) is 0 Å². The molecule has 1 aliphatic rings. The normalized spacial score (nSPS) is 15.4. The van der Waals surface area contributed by atoms with Crippen LogP contribution in [0.3, 0.4) is 0 Å². The van der Waals surface area contributed by atoms with Crippen molar-refractivity contribution in [3.63, 3.8) is 0 Å². The minimum atomic E-state index is -0.0578. The molecule has 0 aliphatic carbocycles. The van der Waals surface area contributed by atoms with Gasteiger partial charge in [-0.1, -0.05) is 29.8 Å². The van der Waals surface area contributed by atoms with Crippen molar-refractivity contribution < 1.29 is 4.79 Å². The van der Waals surface area contributed by atoms with E-state index in [-0.39, 0.29) is 11.9 Å². The molecule has 0 spiro atoms. The second-order valence-electron chi connectivity index (χ2n) is 6.46. The van der Waals surface area contributed by atoms with E-state index in [1.165, 1.54) is 10.9 Å². The van der Waals surface area contributed by atoms with Crippen molar-refractivity contribution in [2.45, 2.75) is 18.9 Å². The first-order valence-electron chi connectivity index (χ1n) is 8.57. The summed E-state index contributed by atoms with van der Waals surface area (Å²) < 4.78 is 1.50. The Morgan fingerprint density at radius 1 is 1.23 bits per heavy atom. The zero-order chi connectivity index (χ0) is 18.1. The Morgan fingerprint density at radius 3 is 2.73 bits per heavy atom. The fourth-order valence-electron chi connectivity index (χ4n) is 3.31. The van der Waals surface area contributed by atoms with Crippen molar-refractivity contribution in [2.24, 2.45) is 7.05 Å². The number of amides is 1. The molecule has 1 amide bonds. The van der Waals surface area contributed by atoms with E-state index >= 15 is 0 Å². The molecule has 26 heavy (non-hydrogen) atoms. The van der Waals surface area contributed by atoms with E-state index in [0.717, 1.165) is 29.4 Å². The van der Waals surface area contributed by atoms with E-state index in [4.69, 9.17) is 11.6 Å². The summed E-state index contributed by atoms with van der Waals surface area (Å²) in [6.07, 6.45) is 5.01. The smallest absolute Gasteiger partial charge is 0.258 e. The molecule has 0 saturated carbocycles. The topological polar surface area (TPSA) is 75.9 Å². The fraction of sp³-hybridized carbons (Fsp3) is 0.333. The zero-order valence-electron chi connectivity index (χ0n) is 14.4. The number of rotatable bonds is 3. The number of halogens is 1. The van der Waals surface area contributed by atoms with E-state index in [0.29, 0.717) is 23.8 Å². The Hall–Kier alpha value is -2.67. The van der Waals surface area contributed by atoms with Gasteiger partial charge >= 0.3 is 0 Å². The Morgan fingerprint density at radius 2 is 2.00 bits per heavy atom. The lowest BCUT2D eigenvalue weighted by atomic mass is 10.0. The van der Waals surface area contributed by atoms with Crippen molar-refractivity contribution >= 4 is 34.1 Å². The highest BCUT2D eigenvalue weighted by Crippen LogP contribution is 2.24. The number of anilines is 1. The van der Waals surface area contributed by atoms with Crippen LogP contribution in [0.4, 0.5) is 5.69 Å². The van der Waals surface area contributed by atoms with Gasteiger partial charge in [-0.2, -0.15) is 15.3 Å². The van der Waals surface area contributed by atoms with E-state index < -0.39 is 0 Å². The summed E-state index contributed by atoms with van der Waals surface area (Å²) in [4.78, 5) is 14.5. The number of likely N-dealkylation sites (tertiary alicyclic amines) is 1. The van der Waals surface area contributed by atoms with Gasteiger partial charge in [0.1, 0.15) is 5.15 Å². The molecule has 3 aromatic rings. The maximum Gasteiger partial charge on any atom is 0.258 e. The number of fused-ring (bicyclic) bond motifs is 1. The van der Waals surface area contributed by atoms with Gasteiger partial charge in [0.2, 0.25) is 0 Å². The van der Waals surface area contributed by atoms with Crippen LogP contribution in [0.1, 0.15) is 23.2 Å². The molecule has 4 rings (SSSR count). The highest BCUT2D eigenvalue weighted by molar-refractivity contribution is 6.32. The SMILES string of the molecule is Cn1ncc(C(=O)N2CCC(Nc3cnnc4ccccc34)CC2)c1Cl. The first-order valence-corrected chi connectivity index (χ1v) is 8.95. The van der Waals surface area contributed by atoms with Crippen molar-refractivity contribution in [3.05, 3.63) is 47.4 Å². The van der Waals surface area contributed by atoms with E-state index in [2.05, 4.69) is 20.6 Å². The standard InChI is InChI=1S/C18H19ClN6O/c1-24-17(19)14(10-21-24)18(26)25-8-6-12(7-9-25)22-16-11-20-23-15-5-3-2-4-13(15)16/h2-5,10-12H,6-9H2,1H3,(H,22,23). The Kier molecular flexibility index (Phi) is 4.46. The molecule has 0 radical (unpaired) electrons. The van der Waals surface area contributed by atoms with Crippen molar-refractivity contribution in [3.8, 4) is 0 Å². The van der Waals surface area contributed by atoms with Crippen LogP contribution in [-0.4, -0.2) is 49.9 Å². The third-order valence-corrected chi connectivity index (χ3v) is 5.23. The number of carbonyl (C=O) groups excluding carboxylic acids is 1. The summed E-state index contributed by atoms with van der Waals surface area (Å²) in [5.41, 5.74) is 2.32. The number of carbonyl (C=O) groups is 1. The third-order valence-electron chi connectivity index (χ3n) is 4.79. The van der Waals surface area contributed by atoms with Crippen LogP contribution in [0, 0.1) is 0 Å². The van der Waals surface area contributed by atoms with Crippen LogP contribution < -0.4 is 5.32 Å². The molecule has 0 bridgehead atoms. The van der Waals surface area contributed by atoms with E-state index in [9.17, 15) is 4.79 Å². The fourth-order valence-corrected chi connectivity index (χ4v) is 3.48. The first kappa shape index (κ1) is 16.8. The number of hydrogen-bond donors (Lipinski definition) is 1. The van der Waals surface area contributed by atoms with E-state index in [1.807, 2.05) is 29.2 Å². The first-order chi connectivity index (χ1) is 12.6. The maximum atomic E-state index is 12.6. The lowest BCUT2D eigenvalue weighted by Crippen LogP contribution is -2.42. The van der Waals surface area contributed by atoms with Crippen molar-refractivity contribution in [1.82, 2.24) is 24.9 Å². The largest absolute Gasteiger partial charge is 0.380 e. The summed E-state index contributed by atoms with van der Waals surface area (Å²) in [5, 5.41) is 17.3. The molecule has 8 heteroatoms. The molecule has 1 aromatic carbocycles. The molecule has 1 N–H and O–H groups in total. The highest BCUT2D eigenvalue weighted by Gasteiger charge is 2.26. The van der Waals surface area contributed by atoms with Gasteiger partial charge in [0.05, 0.1) is 29.2 Å². The number of piperidine rings is 1. The molecule has 0 unspecified atom stereocenters. The summed E-state index contributed by atoms with van der Waals surface area (Å²) in [5.74, 6) is -0.0578. The van der Waals surface area contributed by atoms with Gasteiger partial charge in [0.25, 0.3) is 5.91 Å². The molecule has 2 aromatic heterocycles. The molecule has 3 heterocycles. The molecular formula is C18H19ClN6O. The number of aromatic nitrogens is 4. The molecule has 1 fully saturated rings. The molecule has 1 saturated heterocycles. The predicted octanol–water partition coefficient (Wildman–Crippen LogP) is 2.73. The monoisotopic (exact) mass is 370 g/mol. The Balaban J connectivity index is 1.42. The van der Waals surface area contributed by atoms with Gasteiger partial charge in [0.15, 0.2) is 0 Å². The van der Waals surface area contributed by atoms with Crippen LogP contribution in [-0.2, 0) is 7.05 Å². The molecule has 7 nitrogen and oxygen atoms in total. The second kappa shape index (κ2) is 6.92. The summed E-state index contributed by atoms with van der Waals surface area (Å²) in [6.45, 7) is 1.36. The Labute approximate surface area is 156 Å². The molecule has 134 valence electrons. The maximum absolute atomic E-state index is 12.6. The quantitative estimate of drug-likeness (QED) is 0.767. The number of hydrogen-bond acceptors (Lipinski definition) is 5. The number of nitrogens with one attached hydrogen (secondary N) is 1. The second-order valence-corrected chi connectivity index (χ2v) is 6.82. The summed E-state index contributed by atoms with van der Waals surface area (Å²) >= 11 is 6.14. The Bertz CT molecular complexity index is 943. The highest BCUT2D eigenvalue weighted by atomic mass is 35.5. The lowest BCUT2D eigenvalue weighted by Gasteiger charge is -2.32. The average molecular weight is 371 g/mol. The third kappa shape index (κ3) is 3.10. The molecular weight excluding hydrogens is 352 g/mol.